The maximum absolute atomic E-state index is 13.4. The van der Waals surface area contributed by atoms with Gasteiger partial charge in [-0.3, -0.25) is 9.48 Å². The van der Waals surface area contributed by atoms with Gasteiger partial charge in [-0.05, 0) is 54.8 Å². The molecule has 0 unspecified atom stereocenters. The number of aryl methyl sites for hydroxylation is 1. The number of carbonyl (C=O) groups excluding carboxylic acids is 1. The topological polar surface area (TPSA) is 59.8 Å². The first-order valence-corrected chi connectivity index (χ1v) is 8.16. The number of anilines is 1. The van der Waals surface area contributed by atoms with Crippen LogP contribution in [0.3, 0.4) is 0 Å². The molecule has 0 aliphatic heterocycles. The standard InChI is InChI=1S/C18H16ClFN4O/c1-2-24-6-5-16(23-24)18(25)22-17-4-3-12(11-21-17)7-13-8-14(19)10-15(20)9-13/h3-6,8-11H,2,7H2,1H3,(H,21,22,25). The fourth-order valence-electron chi connectivity index (χ4n) is 2.39. The molecule has 3 rings (SSSR count). The summed E-state index contributed by atoms with van der Waals surface area (Å²) < 4.78 is 15.0. The van der Waals surface area contributed by atoms with E-state index in [9.17, 15) is 9.18 Å². The van der Waals surface area contributed by atoms with E-state index in [0.717, 1.165) is 11.1 Å². The summed E-state index contributed by atoms with van der Waals surface area (Å²) in [7, 11) is 0. The second kappa shape index (κ2) is 7.44. The van der Waals surface area contributed by atoms with Crippen molar-refractivity contribution in [3.8, 4) is 0 Å². The van der Waals surface area contributed by atoms with Gasteiger partial charge in [0.1, 0.15) is 11.6 Å². The van der Waals surface area contributed by atoms with E-state index in [1.807, 2.05) is 13.0 Å². The van der Waals surface area contributed by atoms with E-state index in [2.05, 4.69) is 15.4 Å². The Balaban J connectivity index is 1.66. The molecule has 0 bridgehead atoms. The fraction of sp³-hybridized carbons (Fsp3) is 0.167. The highest BCUT2D eigenvalue weighted by atomic mass is 35.5. The summed E-state index contributed by atoms with van der Waals surface area (Å²) in [6.45, 7) is 2.64. The van der Waals surface area contributed by atoms with Crippen LogP contribution in [0.1, 0.15) is 28.5 Å². The number of rotatable bonds is 5. The molecule has 3 aromatic rings. The number of nitrogens with zero attached hydrogens (tertiary/aromatic N) is 3. The minimum absolute atomic E-state index is 0.315. The third kappa shape index (κ3) is 4.42. The summed E-state index contributed by atoms with van der Waals surface area (Å²) in [4.78, 5) is 16.3. The van der Waals surface area contributed by atoms with E-state index >= 15 is 0 Å². The summed E-state index contributed by atoms with van der Waals surface area (Å²) in [6, 6.07) is 9.59. The van der Waals surface area contributed by atoms with Crippen LogP contribution >= 0.6 is 11.6 Å². The van der Waals surface area contributed by atoms with Crippen LogP contribution in [-0.2, 0) is 13.0 Å². The molecule has 5 nitrogen and oxygen atoms in total. The molecule has 1 amide bonds. The molecule has 7 heteroatoms. The number of halogens is 2. The SMILES string of the molecule is CCn1ccc(C(=O)Nc2ccc(Cc3cc(F)cc(Cl)c3)cn2)n1. The Morgan fingerprint density at radius 1 is 1.24 bits per heavy atom. The second-order valence-electron chi connectivity index (χ2n) is 5.52. The van der Waals surface area contributed by atoms with Crippen LogP contribution in [0.5, 0.6) is 0 Å². The molecule has 1 N–H and O–H groups in total. The van der Waals surface area contributed by atoms with Crippen molar-refractivity contribution in [2.75, 3.05) is 5.32 Å². The van der Waals surface area contributed by atoms with Crippen molar-refractivity contribution in [3.05, 3.63) is 76.5 Å². The van der Waals surface area contributed by atoms with Gasteiger partial charge in [-0.25, -0.2) is 9.37 Å². The van der Waals surface area contributed by atoms with Gasteiger partial charge < -0.3 is 5.32 Å². The molecule has 1 aromatic carbocycles. The van der Waals surface area contributed by atoms with Crippen molar-refractivity contribution in [2.45, 2.75) is 19.9 Å². The molecule has 128 valence electrons. The normalized spacial score (nSPS) is 10.7. The number of aromatic nitrogens is 3. The molecule has 0 spiro atoms. The van der Waals surface area contributed by atoms with Gasteiger partial charge in [0, 0.05) is 24.0 Å². The van der Waals surface area contributed by atoms with Gasteiger partial charge in [0.05, 0.1) is 0 Å². The second-order valence-corrected chi connectivity index (χ2v) is 5.95. The minimum atomic E-state index is -0.370. The lowest BCUT2D eigenvalue weighted by Crippen LogP contribution is -2.14. The summed E-state index contributed by atoms with van der Waals surface area (Å²) >= 11 is 5.86. The van der Waals surface area contributed by atoms with Gasteiger partial charge in [0.25, 0.3) is 5.91 Å². The molecular weight excluding hydrogens is 343 g/mol. The Hall–Kier alpha value is -2.73. The number of hydrogen-bond donors (Lipinski definition) is 1. The minimum Gasteiger partial charge on any atom is -0.305 e. The van der Waals surface area contributed by atoms with E-state index in [4.69, 9.17) is 11.6 Å². The first-order chi connectivity index (χ1) is 12.0. The monoisotopic (exact) mass is 358 g/mol. The lowest BCUT2D eigenvalue weighted by atomic mass is 10.1. The van der Waals surface area contributed by atoms with Gasteiger partial charge in [0.15, 0.2) is 5.69 Å². The van der Waals surface area contributed by atoms with Crippen molar-refractivity contribution in [3.63, 3.8) is 0 Å². The quantitative estimate of drug-likeness (QED) is 0.751. The predicted octanol–water partition coefficient (Wildman–Crippen LogP) is 3.93. The van der Waals surface area contributed by atoms with Crippen LogP contribution in [0.25, 0.3) is 0 Å². The third-order valence-corrected chi connectivity index (χ3v) is 3.81. The molecule has 0 fully saturated rings. The molecule has 0 aliphatic carbocycles. The zero-order valence-electron chi connectivity index (χ0n) is 13.5. The molecule has 0 aliphatic rings. The Morgan fingerprint density at radius 2 is 2.08 bits per heavy atom. The smallest absolute Gasteiger partial charge is 0.277 e. The zero-order chi connectivity index (χ0) is 17.8. The molecule has 2 heterocycles. The maximum Gasteiger partial charge on any atom is 0.277 e. The molecule has 0 atom stereocenters. The average molecular weight is 359 g/mol. The van der Waals surface area contributed by atoms with Crippen molar-refractivity contribution in [2.24, 2.45) is 0 Å². The zero-order valence-corrected chi connectivity index (χ0v) is 14.3. The molecular formula is C18H16ClFN4O. The molecule has 0 saturated heterocycles. The van der Waals surface area contributed by atoms with Gasteiger partial charge in [-0.1, -0.05) is 17.7 Å². The van der Waals surface area contributed by atoms with Crippen LogP contribution in [0.4, 0.5) is 10.2 Å². The highest BCUT2D eigenvalue weighted by molar-refractivity contribution is 6.30. The van der Waals surface area contributed by atoms with Crippen molar-refractivity contribution < 1.29 is 9.18 Å². The Labute approximate surface area is 149 Å². The van der Waals surface area contributed by atoms with Gasteiger partial charge in [-0.15, -0.1) is 0 Å². The number of carbonyl (C=O) groups is 1. The molecule has 0 radical (unpaired) electrons. The number of hydrogen-bond acceptors (Lipinski definition) is 3. The van der Waals surface area contributed by atoms with Crippen LogP contribution in [0.2, 0.25) is 5.02 Å². The van der Waals surface area contributed by atoms with Crippen LogP contribution < -0.4 is 5.32 Å². The highest BCUT2D eigenvalue weighted by Crippen LogP contribution is 2.17. The van der Waals surface area contributed by atoms with E-state index in [0.29, 0.717) is 29.5 Å². The van der Waals surface area contributed by atoms with Gasteiger partial charge >= 0.3 is 0 Å². The van der Waals surface area contributed by atoms with E-state index in [1.54, 1.807) is 35.3 Å². The van der Waals surface area contributed by atoms with Crippen LogP contribution in [0, 0.1) is 5.82 Å². The summed E-state index contributed by atoms with van der Waals surface area (Å²) in [5.74, 6) is -0.257. The van der Waals surface area contributed by atoms with Crippen molar-refractivity contribution >= 4 is 23.3 Å². The first-order valence-electron chi connectivity index (χ1n) is 7.78. The van der Waals surface area contributed by atoms with Gasteiger partial charge in [0.2, 0.25) is 0 Å². The van der Waals surface area contributed by atoms with E-state index in [-0.39, 0.29) is 11.7 Å². The number of benzene rings is 1. The first kappa shape index (κ1) is 17.1. The van der Waals surface area contributed by atoms with Crippen LogP contribution in [-0.4, -0.2) is 20.7 Å². The van der Waals surface area contributed by atoms with Gasteiger partial charge in [-0.2, -0.15) is 5.10 Å². The van der Waals surface area contributed by atoms with Crippen molar-refractivity contribution in [1.82, 2.24) is 14.8 Å². The average Bonchev–Trinajstić information content (AvgIpc) is 3.05. The summed E-state index contributed by atoms with van der Waals surface area (Å²) in [5, 5.41) is 7.20. The summed E-state index contributed by atoms with van der Waals surface area (Å²) in [5.41, 5.74) is 1.98. The maximum atomic E-state index is 13.4. The predicted molar refractivity (Wildman–Crippen MR) is 94.3 cm³/mol. The largest absolute Gasteiger partial charge is 0.305 e. The molecule has 25 heavy (non-hydrogen) atoms. The fourth-order valence-corrected chi connectivity index (χ4v) is 2.64. The lowest BCUT2D eigenvalue weighted by molar-refractivity contribution is 0.102. The number of nitrogens with one attached hydrogen (secondary N) is 1. The van der Waals surface area contributed by atoms with E-state index < -0.39 is 0 Å². The Morgan fingerprint density at radius 3 is 2.72 bits per heavy atom. The molecule has 0 saturated carbocycles. The summed E-state index contributed by atoms with van der Waals surface area (Å²) in [6.07, 6.45) is 3.88. The lowest BCUT2D eigenvalue weighted by Gasteiger charge is -2.06. The highest BCUT2D eigenvalue weighted by Gasteiger charge is 2.10. The number of amides is 1. The Kier molecular flexibility index (Phi) is 5.09. The number of pyridine rings is 1. The molecule has 2 aromatic heterocycles. The van der Waals surface area contributed by atoms with Crippen molar-refractivity contribution in [1.29, 1.82) is 0 Å². The third-order valence-electron chi connectivity index (χ3n) is 3.59. The van der Waals surface area contributed by atoms with E-state index in [1.165, 1.54) is 12.1 Å². The Bertz CT molecular complexity index is 872. The van der Waals surface area contributed by atoms with Crippen LogP contribution in [0.15, 0.2) is 48.8 Å².